The molecule has 0 fully saturated rings. The van der Waals surface area contributed by atoms with Crippen molar-refractivity contribution in [2.45, 2.75) is 23.6 Å². The Morgan fingerprint density at radius 2 is 1.90 bits per heavy atom. The molecule has 3 N–H and O–H groups in total. The number of aliphatic imine (C=N–C) groups is 1. The van der Waals surface area contributed by atoms with Crippen LogP contribution in [0.1, 0.15) is 40.2 Å². The molecule has 12 heteroatoms. The van der Waals surface area contributed by atoms with E-state index in [0.29, 0.717) is 39.1 Å². The number of thioether (sulfide) groups is 2. The SMILES string of the molecule is CCC(=NCO)NC(=O)CSc1cccc(C2SC(c3ccc(F)cc3)=NN2C(=O)c2ccccc2O)c1OC. The van der Waals surface area contributed by atoms with Crippen molar-refractivity contribution in [3.05, 3.63) is 89.2 Å². The number of phenols is 1. The molecule has 3 aromatic carbocycles. The zero-order chi connectivity index (χ0) is 28.6. The first kappa shape index (κ1) is 29.1. The number of nitrogens with one attached hydrogen (secondary N) is 1. The molecule has 1 atom stereocenters. The lowest BCUT2D eigenvalue weighted by Crippen LogP contribution is -2.31. The monoisotopic (exact) mass is 582 g/mol. The number of hydrogen-bond donors (Lipinski definition) is 3. The average molecular weight is 583 g/mol. The highest BCUT2D eigenvalue weighted by atomic mass is 32.2. The molecule has 40 heavy (non-hydrogen) atoms. The van der Waals surface area contributed by atoms with Gasteiger partial charge in [-0.25, -0.2) is 14.4 Å². The summed E-state index contributed by atoms with van der Waals surface area (Å²) in [6.07, 6.45) is 0.464. The van der Waals surface area contributed by atoms with Gasteiger partial charge in [0.2, 0.25) is 5.91 Å². The number of para-hydroxylation sites is 2. The van der Waals surface area contributed by atoms with E-state index in [4.69, 9.17) is 9.84 Å². The van der Waals surface area contributed by atoms with E-state index in [1.54, 1.807) is 42.5 Å². The molecule has 4 rings (SSSR count). The normalized spacial score (nSPS) is 15.1. The van der Waals surface area contributed by atoms with Gasteiger partial charge < -0.3 is 20.3 Å². The Balaban J connectivity index is 1.66. The fourth-order valence-electron chi connectivity index (χ4n) is 3.90. The number of phenolic OH excluding ortho intramolecular Hbond substituents is 1. The zero-order valence-corrected chi connectivity index (χ0v) is 23.3. The standard InChI is InChI=1S/C28H27FN4O5S2/c1-3-23(30-16-34)31-24(36)15-39-22-10-6-8-20(25(22)38-2)28-33(27(37)19-7-4-5-9-21(19)35)32-26(40-28)17-11-13-18(29)14-12-17/h4-14,28,34-35H,3,15-16H2,1-2H3,(H,30,31,36). The van der Waals surface area contributed by atoms with Crippen molar-refractivity contribution in [2.24, 2.45) is 10.1 Å². The van der Waals surface area contributed by atoms with Gasteiger partial charge in [-0.15, -0.1) is 11.8 Å². The highest BCUT2D eigenvalue weighted by Crippen LogP contribution is 2.47. The first-order chi connectivity index (χ1) is 19.4. The number of methoxy groups -OCH3 is 1. The molecular weight excluding hydrogens is 555 g/mol. The summed E-state index contributed by atoms with van der Waals surface area (Å²) < 4.78 is 19.3. The first-order valence-corrected chi connectivity index (χ1v) is 14.1. The molecule has 2 amide bonds. The van der Waals surface area contributed by atoms with E-state index in [9.17, 15) is 19.1 Å². The second-order valence-corrected chi connectivity index (χ2v) is 10.5. The molecule has 0 radical (unpaired) electrons. The van der Waals surface area contributed by atoms with Crippen LogP contribution in [0.3, 0.4) is 0 Å². The van der Waals surface area contributed by atoms with Crippen molar-refractivity contribution < 1.29 is 28.9 Å². The fourth-order valence-corrected chi connectivity index (χ4v) is 5.94. The summed E-state index contributed by atoms with van der Waals surface area (Å²) in [6, 6.07) is 17.4. The number of benzene rings is 3. The number of amides is 2. The number of nitrogens with zero attached hydrogens (tertiary/aromatic N) is 3. The lowest BCUT2D eigenvalue weighted by molar-refractivity contribution is -0.117. The van der Waals surface area contributed by atoms with E-state index in [-0.39, 0.29) is 23.0 Å². The predicted molar refractivity (Wildman–Crippen MR) is 154 cm³/mol. The summed E-state index contributed by atoms with van der Waals surface area (Å²) >= 11 is 2.53. The highest BCUT2D eigenvalue weighted by molar-refractivity contribution is 8.14. The van der Waals surface area contributed by atoms with Crippen molar-refractivity contribution in [2.75, 3.05) is 19.6 Å². The van der Waals surface area contributed by atoms with E-state index in [1.165, 1.54) is 59.9 Å². The Hall–Kier alpha value is -3.87. The van der Waals surface area contributed by atoms with Gasteiger partial charge in [0.15, 0.2) is 0 Å². The average Bonchev–Trinajstić information content (AvgIpc) is 3.41. The Bertz CT molecular complexity index is 1450. The quantitative estimate of drug-likeness (QED) is 0.189. The minimum Gasteiger partial charge on any atom is -0.507 e. The van der Waals surface area contributed by atoms with Crippen molar-refractivity contribution in [1.82, 2.24) is 10.3 Å². The lowest BCUT2D eigenvalue weighted by atomic mass is 10.1. The minimum absolute atomic E-state index is 0.0555. The molecule has 3 aromatic rings. The van der Waals surface area contributed by atoms with Crippen LogP contribution in [0.15, 0.2) is 81.7 Å². The minimum atomic E-state index is -0.681. The van der Waals surface area contributed by atoms with E-state index in [2.05, 4.69) is 15.4 Å². The van der Waals surface area contributed by atoms with Crippen LogP contribution in [0.25, 0.3) is 0 Å². The van der Waals surface area contributed by atoms with Crippen LogP contribution in [0, 0.1) is 5.82 Å². The number of aliphatic hydroxyl groups is 1. The van der Waals surface area contributed by atoms with Crippen LogP contribution in [0.2, 0.25) is 0 Å². The number of rotatable bonds is 9. The highest BCUT2D eigenvalue weighted by Gasteiger charge is 2.37. The van der Waals surface area contributed by atoms with Gasteiger partial charge in [-0.2, -0.15) is 5.10 Å². The lowest BCUT2D eigenvalue weighted by Gasteiger charge is -2.24. The Kier molecular flexibility index (Phi) is 9.80. The summed E-state index contributed by atoms with van der Waals surface area (Å²) in [5, 5.41) is 27.7. The van der Waals surface area contributed by atoms with Gasteiger partial charge in [0.05, 0.1) is 23.3 Å². The maximum absolute atomic E-state index is 13.6. The van der Waals surface area contributed by atoms with Crippen molar-refractivity contribution >= 4 is 46.2 Å². The first-order valence-electron chi connectivity index (χ1n) is 12.2. The number of aromatic hydroxyl groups is 1. The van der Waals surface area contributed by atoms with Crippen molar-refractivity contribution in [3.63, 3.8) is 0 Å². The van der Waals surface area contributed by atoms with Crippen LogP contribution < -0.4 is 10.1 Å². The predicted octanol–water partition coefficient (Wildman–Crippen LogP) is 4.76. The van der Waals surface area contributed by atoms with Gasteiger partial charge in [0, 0.05) is 17.5 Å². The third kappa shape index (κ3) is 6.64. The summed E-state index contributed by atoms with van der Waals surface area (Å²) in [5.41, 5.74) is 1.33. The van der Waals surface area contributed by atoms with Crippen LogP contribution >= 0.6 is 23.5 Å². The Morgan fingerprint density at radius 3 is 2.58 bits per heavy atom. The summed E-state index contributed by atoms with van der Waals surface area (Å²) in [6.45, 7) is 1.40. The number of amidine groups is 1. The molecule has 1 heterocycles. The van der Waals surface area contributed by atoms with Gasteiger partial charge in [0.25, 0.3) is 5.91 Å². The third-order valence-corrected chi connectivity index (χ3v) is 8.05. The number of hydrazone groups is 1. The van der Waals surface area contributed by atoms with E-state index < -0.39 is 23.8 Å². The molecule has 0 aromatic heterocycles. The summed E-state index contributed by atoms with van der Waals surface area (Å²) in [5.74, 6) is -0.485. The molecule has 1 aliphatic heterocycles. The molecule has 1 unspecified atom stereocenters. The smallest absolute Gasteiger partial charge is 0.279 e. The number of halogens is 1. The second-order valence-electron chi connectivity index (χ2n) is 8.36. The summed E-state index contributed by atoms with van der Waals surface area (Å²) in [7, 11) is 1.50. The molecule has 1 aliphatic rings. The fraction of sp³-hybridized carbons (Fsp3) is 0.214. The van der Waals surface area contributed by atoms with Gasteiger partial charge >= 0.3 is 0 Å². The van der Waals surface area contributed by atoms with Crippen LogP contribution in [-0.4, -0.2) is 57.5 Å². The third-order valence-electron chi connectivity index (χ3n) is 5.80. The number of aliphatic hydroxyl groups excluding tert-OH is 1. The topological polar surface area (TPSA) is 124 Å². The molecule has 0 aliphatic carbocycles. The van der Waals surface area contributed by atoms with Gasteiger partial charge in [0.1, 0.15) is 40.3 Å². The van der Waals surface area contributed by atoms with Crippen LogP contribution in [0.5, 0.6) is 11.5 Å². The number of ether oxygens (including phenoxy) is 1. The number of hydrogen-bond acceptors (Lipinski definition) is 9. The van der Waals surface area contributed by atoms with Crippen LogP contribution in [0.4, 0.5) is 4.39 Å². The van der Waals surface area contributed by atoms with Crippen molar-refractivity contribution in [1.29, 1.82) is 0 Å². The maximum atomic E-state index is 13.6. The zero-order valence-electron chi connectivity index (χ0n) is 21.7. The van der Waals surface area contributed by atoms with E-state index in [0.717, 1.165) is 0 Å². The Morgan fingerprint density at radius 1 is 1.15 bits per heavy atom. The van der Waals surface area contributed by atoms with Gasteiger partial charge in [-0.05, 0) is 42.5 Å². The number of carbonyl (C=O) groups excluding carboxylic acids is 2. The van der Waals surface area contributed by atoms with Gasteiger partial charge in [-0.1, -0.05) is 43.0 Å². The Labute approximate surface area is 239 Å². The van der Waals surface area contributed by atoms with Gasteiger partial charge in [-0.3, -0.25) is 9.59 Å². The largest absolute Gasteiger partial charge is 0.507 e. The molecule has 0 saturated carbocycles. The molecular formula is C28H27FN4O5S2. The van der Waals surface area contributed by atoms with Crippen LogP contribution in [-0.2, 0) is 4.79 Å². The van der Waals surface area contributed by atoms with E-state index in [1.807, 2.05) is 6.92 Å². The molecule has 0 spiro atoms. The summed E-state index contributed by atoms with van der Waals surface area (Å²) in [4.78, 5) is 30.6. The van der Waals surface area contributed by atoms with Crippen molar-refractivity contribution in [3.8, 4) is 11.5 Å². The molecule has 0 bridgehead atoms. The van der Waals surface area contributed by atoms with E-state index >= 15 is 0 Å². The number of carbonyl (C=O) groups is 2. The molecule has 208 valence electrons. The molecule has 0 saturated heterocycles. The second kappa shape index (κ2) is 13.5. The molecule has 9 nitrogen and oxygen atoms in total. The maximum Gasteiger partial charge on any atom is 0.279 e.